The van der Waals surface area contributed by atoms with Crippen LogP contribution in [0.5, 0.6) is 0 Å². The third kappa shape index (κ3) is 2.76. The second-order valence-electron chi connectivity index (χ2n) is 4.90. The van der Waals surface area contributed by atoms with E-state index in [2.05, 4.69) is 19.2 Å². The third-order valence-electron chi connectivity index (χ3n) is 3.74. The Labute approximate surface area is 98.9 Å². The van der Waals surface area contributed by atoms with E-state index < -0.39 is 0 Å². The molecule has 16 heavy (non-hydrogen) atoms. The zero-order chi connectivity index (χ0) is 11.4. The smallest absolute Gasteiger partial charge is 0.0990 e. The average molecular weight is 227 g/mol. The van der Waals surface area contributed by atoms with Crippen LogP contribution in [0.1, 0.15) is 46.0 Å². The molecular formula is C13H25NO2. The second kappa shape index (κ2) is 5.99. The molecule has 0 aromatic heterocycles. The molecule has 2 aliphatic carbocycles. The average Bonchev–Trinajstić information content (AvgIpc) is 2.77. The number of ether oxygens (including phenoxy) is 2. The van der Waals surface area contributed by atoms with Gasteiger partial charge in [0, 0.05) is 12.6 Å². The summed E-state index contributed by atoms with van der Waals surface area (Å²) in [5, 5.41) is 3.47. The molecule has 2 fully saturated rings. The lowest BCUT2D eigenvalue weighted by Gasteiger charge is -2.45. The largest absolute Gasteiger partial charge is 0.374 e. The summed E-state index contributed by atoms with van der Waals surface area (Å²) in [4.78, 5) is 0. The molecular weight excluding hydrogens is 202 g/mol. The van der Waals surface area contributed by atoms with Gasteiger partial charge in [-0.25, -0.2) is 0 Å². The standard InChI is InChI=1S/C13H25NO2/c1-3-14-11-9-12(13(11)15-4-2)16-10-7-5-6-8-10/h10-14H,3-9H2,1-2H3. The van der Waals surface area contributed by atoms with E-state index in [-0.39, 0.29) is 6.10 Å². The van der Waals surface area contributed by atoms with Crippen molar-refractivity contribution in [1.82, 2.24) is 5.32 Å². The van der Waals surface area contributed by atoms with Gasteiger partial charge in [0.2, 0.25) is 0 Å². The summed E-state index contributed by atoms with van der Waals surface area (Å²) in [5.74, 6) is 0. The minimum atomic E-state index is 0.283. The van der Waals surface area contributed by atoms with Crippen LogP contribution in [0, 0.1) is 0 Å². The van der Waals surface area contributed by atoms with Crippen molar-refractivity contribution in [2.45, 2.75) is 70.3 Å². The normalized spacial score (nSPS) is 35.2. The summed E-state index contributed by atoms with van der Waals surface area (Å²) in [7, 11) is 0. The lowest BCUT2D eigenvalue weighted by atomic mass is 9.85. The molecule has 2 saturated carbocycles. The summed E-state index contributed by atoms with van der Waals surface area (Å²) in [5.41, 5.74) is 0. The summed E-state index contributed by atoms with van der Waals surface area (Å²) in [6, 6.07) is 0.511. The summed E-state index contributed by atoms with van der Waals surface area (Å²) in [6.07, 6.45) is 7.44. The number of rotatable bonds is 6. The Morgan fingerprint density at radius 3 is 2.56 bits per heavy atom. The first-order chi connectivity index (χ1) is 7.85. The van der Waals surface area contributed by atoms with Crippen molar-refractivity contribution in [3.05, 3.63) is 0 Å². The van der Waals surface area contributed by atoms with Crippen molar-refractivity contribution in [2.75, 3.05) is 13.2 Å². The molecule has 0 heterocycles. The first kappa shape index (κ1) is 12.3. The molecule has 1 N–H and O–H groups in total. The molecule has 0 aromatic carbocycles. The van der Waals surface area contributed by atoms with Gasteiger partial charge in [-0.3, -0.25) is 0 Å². The van der Waals surface area contributed by atoms with Crippen LogP contribution in [0.25, 0.3) is 0 Å². The highest BCUT2D eigenvalue weighted by Gasteiger charge is 2.43. The zero-order valence-electron chi connectivity index (χ0n) is 10.6. The Bertz CT molecular complexity index is 204. The molecule has 2 rings (SSSR count). The highest BCUT2D eigenvalue weighted by atomic mass is 16.6. The van der Waals surface area contributed by atoms with Crippen molar-refractivity contribution in [3.63, 3.8) is 0 Å². The molecule has 2 aliphatic rings. The van der Waals surface area contributed by atoms with Gasteiger partial charge in [-0.2, -0.15) is 0 Å². The molecule has 0 bridgehead atoms. The van der Waals surface area contributed by atoms with Gasteiger partial charge in [0.15, 0.2) is 0 Å². The maximum absolute atomic E-state index is 6.12. The van der Waals surface area contributed by atoms with Crippen molar-refractivity contribution < 1.29 is 9.47 Å². The molecule has 3 nitrogen and oxygen atoms in total. The van der Waals surface area contributed by atoms with Gasteiger partial charge in [-0.1, -0.05) is 19.8 Å². The third-order valence-corrected chi connectivity index (χ3v) is 3.74. The molecule has 0 saturated heterocycles. The topological polar surface area (TPSA) is 30.5 Å². The van der Waals surface area contributed by atoms with E-state index in [0.717, 1.165) is 19.6 Å². The highest BCUT2D eigenvalue weighted by Crippen LogP contribution is 2.32. The molecule has 0 aliphatic heterocycles. The Hall–Kier alpha value is -0.120. The maximum atomic E-state index is 6.12. The first-order valence-electron chi connectivity index (χ1n) is 6.85. The van der Waals surface area contributed by atoms with Crippen LogP contribution >= 0.6 is 0 Å². The Morgan fingerprint density at radius 2 is 1.94 bits per heavy atom. The van der Waals surface area contributed by atoms with E-state index in [4.69, 9.17) is 9.47 Å². The fourth-order valence-electron chi connectivity index (χ4n) is 2.86. The van der Waals surface area contributed by atoms with Gasteiger partial charge in [0.05, 0.1) is 18.3 Å². The van der Waals surface area contributed by atoms with Crippen LogP contribution in [0.15, 0.2) is 0 Å². The van der Waals surface area contributed by atoms with E-state index >= 15 is 0 Å². The van der Waals surface area contributed by atoms with Gasteiger partial charge < -0.3 is 14.8 Å². The van der Waals surface area contributed by atoms with E-state index in [1.54, 1.807) is 0 Å². The van der Waals surface area contributed by atoms with Gasteiger partial charge >= 0.3 is 0 Å². The van der Waals surface area contributed by atoms with Crippen LogP contribution in [-0.4, -0.2) is 37.5 Å². The van der Waals surface area contributed by atoms with Gasteiger partial charge in [0.25, 0.3) is 0 Å². The van der Waals surface area contributed by atoms with E-state index in [9.17, 15) is 0 Å². The summed E-state index contributed by atoms with van der Waals surface area (Å²) >= 11 is 0. The minimum Gasteiger partial charge on any atom is -0.374 e. The second-order valence-corrected chi connectivity index (χ2v) is 4.90. The van der Waals surface area contributed by atoms with Crippen molar-refractivity contribution in [1.29, 1.82) is 0 Å². The van der Waals surface area contributed by atoms with E-state index in [1.807, 2.05) is 0 Å². The maximum Gasteiger partial charge on any atom is 0.0990 e. The van der Waals surface area contributed by atoms with Crippen molar-refractivity contribution in [2.24, 2.45) is 0 Å². The van der Waals surface area contributed by atoms with E-state index in [0.29, 0.717) is 18.2 Å². The summed E-state index contributed by atoms with van der Waals surface area (Å²) < 4.78 is 11.9. The van der Waals surface area contributed by atoms with Crippen LogP contribution in [0.3, 0.4) is 0 Å². The molecule has 0 amide bonds. The van der Waals surface area contributed by atoms with Crippen LogP contribution in [0.2, 0.25) is 0 Å². The molecule has 94 valence electrons. The van der Waals surface area contributed by atoms with Crippen molar-refractivity contribution >= 4 is 0 Å². The predicted octanol–water partition coefficient (Wildman–Crippen LogP) is 2.10. The number of hydrogen-bond donors (Lipinski definition) is 1. The van der Waals surface area contributed by atoms with Crippen LogP contribution in [-0.2, 0) is 9.47 Å². The van der Waals surface area contributed by atoms with Gasteiger partial charge in [-0.05, 0) is 32.7 Å². The molecule has 0 aromatic rings. The number of nitrogens with one attached hydrogen (secondary N) is 1. The quantitative estimate of drug-likeness (QED) is 0.754. The lowest BCUT2D eigenvalue weighted by Crippen LogP contribution is -2.60. The predicted molar refractivity (Wildman–Crippen MR) is 64.6 cm³/mol. The first-order valence-corrected chi connectivity index (χ1v) is 6.85. The minimum absolute atomic E-state index is 0.283. The SMILES string of the molecule is CCNC1CC(OC2CCCC2)C1OCC. The van der Waals surface area contributed by atoms with Crippen LogP contribution in [0.4, 0.5) is 0 Å². The fraction of sp³-hybridized carbons (Fsp3) is 1.00. The number of hydrogen-bond acceptors (Lipinski definition) is 3. The Kier molecular flexibility index (Phi) is 4.62. The highest BCUT2D eigenvalue weighted by molar-refractivity contribution is 4.97. The number of likely N-dealkylation sites (N-methyl/N-ethyl adjacent to an activating group) is 1. The van der Waals surface area contributed by atoms with Crippen LogP contribution < -0.4 is 5.32 Å². The zero-order valence-corrected chi connectivity index (χ0v) is 10.6. The monoisotopic (exact) mass is 227 g/mol. The Morgan fingerprint density at radius 1 is 1.19 bits per heavy atom. The lowest BCUT2D eigenvalue weighted by molar-refractivity contribution is -0.164. The van der Waals surface area contributed by atoms with Gasteiger partial charge in [-0.15, -0.1) is 0 Å². The molecule has 0 spiro atoms. The van der Waals surface area contributed by atoms with E-state index in [1.165, 1.54) is 25.7 Å². The molecule has 0 radical (unpaired) electrons. The Balaban J connectivity index is 1.76. The molecule has 3 atom stereocenters. The molecule has 3 unspecified atom stereocenters. The molecule has 3 heteroatoms. The van der Waals surface area contributed by atoms with Gasteiger partial charge in [0.1, 0.15) is 0 Å². The van der Waals surface area contributed by atoms with Crippen molar-refractivity contribution in [3.8, 4) is 0 Å². The fourth-order valence-corrected chi connectivity index (χ4v) is 2.86. The summed E-state index contributed by atoms with van der Waals surface area (Å²) in [6.45, 7) is 6.02.